The highest BCUT2D eigenvalue weighted by molar-refractivity contribution is 5.45. The topological polar surface area (TPSA) is 51.4 Å². The van der Waals surface area contributed by atoms with E-state index in [1.54, 1.807) is 0 Å². The Bertz CT molecular complexity index is 350. The van der Waals surface area contributed by atoms with Gasteiger partial charge in [0.05, 0.1) is 23.7 Å². The van der Waals surface area contributed by atoms with Crippen molar-refractivity contribution in [2.75, 3.05) is 24.6 Å². The summed E-state index contributed by atoms with van der Waals surface area (Å²) in [7, 11) is 0. The van der Waals surface area contributed by atoms with Gasteiger partial charge in [0.2, 0.25) is 0 Å². The van der Waals surface area contributed by atoms with Crippen LogP contribution < -0.4 is 10.6 Å². The smallest absolute Gasteiger partial charge is 0.0721 e. The number of nitrogens with two attached hydrogens (primary N) is 1. The van der Waals surface area contributed by atoms with Gasteiger partial charge in [-0.15, -0.1) is 0 Å². The summed E-state index contributed by atoms with van der Waals surface area (Å²) in [6.45, 7) is 6.87. The van der Waals surface area contributed by atoms with Gasteiger partial charge in [-0.3, -0.25) is 4.98 Å². The zero-order valence-corrected chi connectivity index (χ0v) is 10.6. The van der Waals surface area contributed by atoms with Crippen LogP contribution >= 0.6 is 0 Å². The predicted octanol–water partition coefficient (Wildman–Crippen LogP) is 1.72. The Morgan fingerprint density at radius 3 is 3.00 bits per heavy atom. The molecule has 1 unspecified atom stereocenters. The second-order valence-electron chi connectivity index (χ2n) is 4.71. The van der Waals surface area contributed by atoms with Crippen LogP contribution in [-0.2, 0) is 4.74 Å². The molecular weight excluding hydrogens is 214 g/mol. The molecule has 0 radical (unpaired) electrons. The van der Waals surface area contributed by atoms with Crippen molar-refractivity contribution in [3.05, 3.63) is 24.0 Å². The maximum absolute atomic E-state index is 5.79. The predicted molar refractivity (Wildman–Crippen MR) is 69.1 cm³/mol. The van der Waals surface area contributed by atoms with Crippen LogP contribution in [0.1, 0.15) is 32.0 Å². The molecule has 0 saturated carbocycles. The lowest BCUT2D eigenvalue weighted by atomic mass is 10.2. The van der Waals surface area contributed by atoms with E-state index in [1.165, 1.54) is 0 Å². The highest BCUT2D eigenvalue weighted by Crippen LogP contribution is 2.18. The van der Waals surface area contributed by atoms with Crippen molar-refractivity contribution in [3.8, 4) is 0 Å². The second-order valence-corrected chi connectivity index (χ2v) is 4.71. The number of hydrogen-bond donors (Lipinski definition) is 1. The summed E-state index contributed by atoms with van der Waals surface area (Å²) in [4.78, 5) is 6.73. The standard InChI is InChI=1S/C13H21N3O/c1-10-9-16(6-3-7-17-10)12-4-5-13(11(2)14)15-8-12/h4-5,8,10-11H,3,6-7,9,14H2,1-2H3/t10?,11-/m1/s1. The van der Waals surface area contributed by atoms with Gasteiger partial charge in [0.25, 0.3) is 0 Å². The van der Waals surface area contributed by atoms with E-state index in [9.17, 15) is 0 Å². The number of nitrogens with zero attached hydrogens (tertiary/aromatic N) is 2. The molecule has 1 fully saturated rings. The summed E-state index contributed by atoms with van der Waals surface area (Å²) in [5, 5.41) is 0. The number of ether oxygens (including phenoxy) is 1. The number of anilines is 1. The minimum Gasteiger partial charge on any atom is -0.377 e. The Morgan fingerprint density at radius 1 is 1.53 bits per heavy atom. The molecule has 0 bridgehead atoms. The molecule has 1 saturated heterocycles. The molecule has 1 aromatic rings. The lowest BCUT2D eigenvalue weighted by Crippen LogP contribution is -2.30. The third-order valence-electron chi connectivity index (χ3n) is 3.05. The van der Waals surface area contributed by atoms with E-state index in [1.807, 2.05) is 19.2 Å². The lowest BCUT2D eigenvalue weighted by Gasteiger charge is -2.24. The second kappa shape index (κ2) is 5.47. The third kappa shape index (κ3) is 3.17. The molecule has 4 nitrogen and oxygen atoms in total. The van der Waals surface area contributed by atoms with Gasteiger partial charge < -0.3 is 15.4 Å². The molecule has 0 spiro atoms. The Labute approximate surface area is 103 Å². The monoisotopic (exact) mass is 235 g/mol. The van der Waals surface area contributed by atoms with Crippen molar-refractivity contribution < 1.29 is 4.74 Å². The van der Waals surface area contributed by atoms with E-state index < -0.39 is 0 Å². The quantitative estimate of drug-likeness (QED) is 0.848. The van der Waals surface area contributed by atoms with E-state index in [0.29, 0.717) is 0 Å². The molecule has 2 rings (SSSR count). The first-order valence-corrected chi connectivity index (χ1v) is 6.25. The highest BCUT2D eigenvalue weighted by atomic mass is 16.5. The lowest BCUT2D eigenvalue weighted by molar-refractivity contribution is 0.0821. The first-order valence-electron chi connectivity index (χ1n) is 6.25. The first kappa shape index (κ1) is 12.3. The molecule has 2 heterocycles. The van der Waals surface area contributed by atoms with Crippen LogP contribution in [0.5, 0.6) is 0 Å². The molecular formula is C13H21N3O. The molecule has 0 aliphatic carbocycles. The van der Waals surface area contributed by atoms with Gasteiger partial charge >= 0.3 is 0 Å². The molecule has 1 aromatic heterocycles. The van der Waals surface area contributed by atoms with E-state index in [2.05, 4.69) is 22.9 Å². The summed E-state index contributed by atoms with van der Waals surface area (Å²) in [6.07, 6.45) is 3.27. The molecule has 2 atom stereocenters. The van der Waals surface area contributed by atoms with Crippen LogP contribution in [0.25, 0.3) is 0 Å². The summed E-state index contributed by atoms with van der Waals surface area (Å²) < 4.78 is 5.63. The molecule has 17 heavy (non-hydrogen) atoms. The minimum absolute atomic E-state index is 0.00422. The average Bonchev–Trinajstić information content (AvgIpc) is 2.54. The SMILES string of the molecule is CC1CN(c2ccc([C@@H](C)N)nc2)CCCO1. The minimum atomic E-state index is -0.00422. The number of rotatable bonds is 2. The number of aromatic nitrogens is 1. The normalized spacial score (nSPS) is 23.2. The van der Waals surface area contributed by atoms with Gasteiger partial charge in [-0.25, -0.2) is 0 Å². The van der Waals surface area contributed by atoms with Gasteiger partial charge in [0.1, 0.15) is 0 Å². The fourth-order valence-corrected chi connectivity index (χ4v) is 2.08. The van der Waals surface area contributed by atoms with Crippen molar-refractivity contribution in [3.63, 3.8) is 0 Å². The first-order chi connectivity index (χ1) is 8.16. The van der Waals surface area contributed by atoms with Crippen LogP contribution in [0.4, 0.5) is 5.69 Å². The molecule has 94 valence electrons. The highest BCUT2D eigenvalue weighted by Gasteiger charge is 2.15. The summed E-state index contributed by atoms with van der Waals surface area (Å²) in [6, 6.07) is 4.11. The maximum Gasteiger partial charge on any atom is 0.0721 e. The molecule has 2 N–H and O–H groups in total. The van der Waals surface area contributed by atoms with Crippen molar-refractivity contribution >= 4 is 5.69 Å². The Morgan fingerprint density at radius 2 is 2.35 bits per heavy atom. The Hall–Kier alpha value is -1.13. The van der Waals surface area contributed by atoms with Crippen molar-refractivity contribution in [1.29, 1.82) is 0 Å². The van der Waals surface area contributed by atoms with Gasteiger partial charge in [-0.1, -0.05) is 0 Å². The largest absolute Gasteiger partial charge is 0.377 e. The Kier molecular flexibility index (Phi) is 3.97. The van der Waals surface area contributed by atoms with Crippen LogP contribution in [0.3, 0.4) is 0 Å². The number of pyridine rings is 1. The van der Waals surface area contributed by atoms with E-state index in [0.717, 1.165) is 37.5 Å². The zero-order chi connectivity index (χ0) is 12.3. The molecule has 1 aliphatic heterocycles. The van der Waals surface area contributed by atoms with Crippen molar-refractivity contribution in [2.45, 2.75) is 32.4 Å². The van der Waals surface area contributed by atoms with Crippen LogP contribution in [0, 0.1) is 0 Å². The van der Waals surface area contributed by atoms with Crippen LogP contribution in [0.15, 0.2) is 18.3 Å². The fraction of sp³-hybridized carbons (Fsp3) is 0.615. The van der Waals surface area contributed by atoms with Gasteiger partial charge in [0.15, 0.2) is 0 Å². The average molecular weight is 235 g/mol. The third-order valence-corrected chi connectivity index (χ3v) is 3.05. The van der Waals surface area contributed by atoms with Crippen LogP contribution in [-0.4, -0.2) is 30.8 Å². The zero-order valence-electron chi connectivity index (χ0n) is 10.6. The van der Waals surface area contributed by atoms with E-state index >= 15 is 0 Å². The summed E-state index contributed by atoms with van der Waals surface area (Å²) in [5.41, 5.74) is 7.89. The molecule has 0 aromatic carbocycles. The van der Waals surface area contributed by atoms with Crippen LogP contribution in [0.2, 0.25) is 0 Å². The number of hydrogen-bond acceptors (Lipinski definition) is 4. The van der Waals surface area contributed by atoms with Gasteiger partial charge in [0, 0.05) is 25.7 Å². The fourth-order valence-electron chi connectivity index (χ4n) is 2.08. The Balaban J connectivity index is 2.10. The van der Waals surface area contributed by atoms with Gasteiger partial charge in [-0.05, 0) is 32.4 Å². The van der Waals surface area contributed by atoms with E-state index in [-0.39, 0.29) is 12.1 Å². The summed E-state index contributed by atoms with van der Waals surface area (Å²) >= 11 is 0. The van der Waals surface area contributed by atoms with Crippen molar-refractivity contribution in [2.24, 2.45) is 5.73 Å². The van der Waals surface area contributed by atoms with Crippen molar-refractivity contribution in [1.82, 2.24) is 4.98 Å². The maximum atomic E-state index is 5.79. The van der Waals surface area contributed by atoms with E-state index in [4.69, 9.17) is 10.5 Å². The molecule has 1 aliphatic rings. The summed E-state index contributed by atoms with van der Waals surface area (Å²) in [5.74, 6) is 0. The molecule has 4 heteroatoms. The van der Waals surface area contributed by atoms with Gasteiger partial charge in [-0.2, -0.15) is 0 Å². The molecule has 0 amide bonds.